The van der Waals surface area contributed by atoms with Crippen LogP contribution in [0.4, 0.5) is 0 Å². The summed E-state index contributed by atoms with van der Waals surface area (Å²) in [4.78, 5) is 24.2. The summed E-state index contributed by atoms with van der Waals surface area (Å²) >= 11 is 0. The van der Waals surface area contributed by atoms with Gasteiger partial charge in [-0.15, -0.1) is 0 Å². The fourth-order valence-corrected chi connectivity index (χ4v) is 1.50. The van der Waals surface area contributed by atoms with Gasteiger partial charge in [-0.3, -0.25) is 4.79 Å². The molecule has 2 rings (SSSR count). The first-order chi connectivity index (χ1) is 6.81. The highest BCUT2D eigenvalue weighted by atomic mass is 16.1. The van der Waals surface area contributed by atoms with Crippen LogP contribution < -0.4 is 5.56 Å². The van der Waals surface area contributed by atoms with Crippen LogP contribution in [0.25, 0.3) is 10.9 Å². The maximum atomic E-state index is 11.1. The van der Waals surface area contributed by atoms with Crippen molar-refractivity contribution >= 4 is 17.2 Å². The number of carbonyl (C=O) groups excluding carboxylic acids is 1. The van der Waals surface area contributed by atoms with Crippen LogP contribution in [0.3, 0.4) is 0 Å². The second-order valence-corrected chi connectivity index (χ2v) is 3.07. The monoisotopic (exact) mass is 187 g/mol. The standard InChI is InChI=1S/C11H9NO2/c13-7-6-9-3-1-2-8-4-5-10(14)12-11(8)9/h1-5,7H,6H2,(H,12,14). The molecule has 3 nitrogen and oxygen atoms in total. The van der Waals surface area contributed by atoms with E-state index in [1.54, 1.807) is 6.07 Å². The molecule has 0 saturated heterocycles. The van der Waals surface area contributed by atoms with Crippen molar-refractivity contribution in [2.45, 2.75) is 6.42 Å². The summed E-state index contributed by atoms with van der Waals surface area (Å²) in [7, 11) is 0. The Morgan fingerprint density at radius 3 is 2.86 bits per heavy atom. The minimum atomic E-state index is -0.143. The summed E-state index contributed by atoms with van der Waals surface area (Å²) in [5.41, 5.74) is 1.47. The van der Waals surface area contributed by atoms with Crippen molar-refractivity contribution in [3.8, 4) is 0 Å². The van der Waals surface area contributed by atoms with Gasteiger partial charge in [-0.2, -0.15) is 0 Å². The molecule has 1 heterocycles. The first kappa shape index (κ1) is 8.69. The summed E-state index contributed by atoms with van der Waals surface area (Å²) in [6.07, 6.45) is 1.16. The van der Waals surface area contributed by atoms with Crippen molar-refractivity contribution in [2.75, 3.05) is 0 Å². The number of pyridine rings is 1. The Morgan fingerprint density at radius 2 is 2.07 bits per heavy atom. The van der Waals surface area contributed by atoms with Gasteiger partial charge in [0.1, 0.15) is 6.29 Å². The smallest absolute Gasteiger partial charge is 0.248 e. The van der Waals surface area contributed by atoms with Crippen molar-refractivity contribution in [3.05, 3.63) is 46.2 Å². The molecule has 2 aromatic rings. The highest BCUT2D eigenvalue weighted by Gasteiger charge is 2.00. The number of aromatic nitrogens is 1. The lowest BCUT2D eigenvalue weighted by Gasteiger charge is -2.01. The number of hydrogen-bond donors (Lipinski definition) is 1. The molecule has 0 fully saturated rings. The molecule has 0 aliphatic rings. The number of rotatable bonds is 2. The van der Waals surface area contributed by atoms with E-state index in [0.29, 0.717) is 6.42 Å². The summed E-state index contributed by atoms with van der Waals surface area (Å²) in [5.74, 6) is 0. The average molecular weight is 187 g/mol. The molecular formula is C11H9NO2. The van der Waals surface area contributed by atoms with E-state index in [0.717, 1.165) is 22.8 Å². The van der Waals surface area contributed by atoms with Crippen LogP contribution in [-0.4, -0.2) is 11.3 Å². The number of carbonyl (C=O) groups is 1. The van der Waals surface area contributed by atoms with E-state index in [1.165, 1.54) is 6.07 Å². The Morgan fingerprint density at radius 1 is 1.21 bits per heavy atom. The van der Waals surface area contributed by atoms with Gasteiger partial charge in [0, 0.05) is 12.5 Å². The van der Waals surface area contributed by atoms with Crippen LogP contribution in [0.15, 0.2) is 35.1 Å². The van der Waals surface area contributed by atoms with Gasteiger partial charge in [-0.1, -0.05) is 18.2 Å². The van der Waals surface area contributed by atoms with Crippen LogP contribution in [0, 0.1) is 0 Å². The zero-order valence-corrected chi connectivity index (χ0v) is 7.49. The van der Waals surface area contributed by atoms with Crippen molar-refractivity contribution in [1.82, 2.24) is 4.98 Å². The lowest BCUT2D eigenvalue weighted by atomic mass is 10.1. The molecule has 0 atom stereocenters. The topological polar surface area (TPSA) is 49.9 Å². The molecule has 0 aliphatic carbocycles. The first-order valence-electron chi connectivity index (χ1n) is 4.36. The average Bonchev–Trinajstić information content (AvgIpc) is 2.19. The number of aldehydes is 1. The summed E-state index contributed by atoms with van der Waals surface area (Å²) in [6, 6.07) is 8.85. The number of para-hydroxylation sites is 1. The molecular weight excluding hydrogens is 178 g/mol. The third-order valence-corrected chi connectivity index (χ3v) is 2.15. The van der Waals surface area contributed by atoms with Gasteiger partial charge in [0.05, 0.1) is 5.52 Å². The van der Waals surface area contributed by atoms with E-state index in [9.17, 15) is 9.59 Å². The third kappa shape index (κ3) is 1.44. The number of hydrogen-bond acceptors (Lipinski definition) is 2. The molecule has 3 heteroatoms. The highest BCUT2D eigenvalue weighted by molar-refractivity contribution is 5.83. The van der Waals surface area contributed by atoms with E-state index in [-0.39, 0.29) is 5.56 Å². The normalized spacial score (nSPS) is 10.3. The van der Waals surface area contributed by atoms with Gasteiger partial charge in [-0.05, 0) is 17.0 Å². The van der Waals surface area contributed by atoms with Crippen molar-refractivity contribution in [3.63, 3.8) is 0 Å². The van der Waals surface area contributed by atoms with Crippen LogP contribution in [-0.2, 0) is 11.2 Å². The summed E-state index contributed by atoms with van der Waals surface area (Å²) < 4.78 is 0. The molecule has 1 aromatic heterocycles. The Bertz CT molecular complexity index is 528. The molecule has 0 spiro atoms. The molecule has 1 N–H and O–H groups in total. The van der Waals surface area contributed by atoms with Crippen molar-refractivity contribution < 1.29 is 4.79 Å². The van der Waals surface area contributed by atoms with Crippen molar-refractivity contribution in [2.24, 2.45) is 0 Å². The number of aromatic amines is 1. The number of nitrogens with one attached hydrogen (secondary N) is 1. The maximum absolute atomic E-state index is 11.1. The zero-order chi connectivity index (χ0) is 9.97. The van der Waals surface area contributed by atoms with E-state index in [2.05, 4.69) is 4.98 Å². The van der Waals surface area contributed by atoms with Gasteiger partial charge in [-0.25, -0.2) is 0 Å². The SMILES string of the molecule is O=CCc1cccc2ccc(=O)[nH]c12. The predicted molar refractivity (Wildman–Crippen MR) is 54.3 cm³/mol. The van der Waals surface area contributed by atoms with Gasteiger partial charge in [0.2, 0.25) is 5.56 Å². The minimum Gasteiger partial charge on any atom is -0.322 e. The first-order valence-corrected chi connectivity index (χ1v) is 4.36. The molecule has 1 aromatic carbocycles. The molecule has 0 unspecified atom stereocenters. The zero-order valence-electron chi connectivity index (χ0n) is 7.49. The second kappa shape index (κ2) is 3.46. The largest absolute Gasteiger partial charge is 0.322 e. The Hall–Kier alpha value is -1.90. The van der Waals surface area contributed by atoms with Crippen LogP contribution >= 0.6 is 0 Å². The Balaban J connectivity index is 2.76. The highest BCUT2D eigenvalue weighted by Crippen LogP contribution is 2.14. The molecule has 0 bridgehead atoms. The van der Waals surface area contributed by atoms with Gasteiger partial charge in [0.25, 0.3) is 0 Å². The van der Waals surface area contributed by atoms with E-state index in [1.807, 2.05) is 18.2 Å². The lowest BCUT2D eigenvalue weighted by Crippen LogP contribution is -2.04. The number of fused-ring (bicyclic) bond motifs is 1. The minimum absolute atomic E-state index is 0.143. The number of H-pyrrole nitrogens is 1. The summed E-state index contributed by atoms with van der Waals surface area (Å²) in [6.45, 7) is 0. The molecule has 0 radical (unpaired) electrons. The van der Waals surface area contributed by atoms with Crippen LogP contribution in [0.5, 0.6) is 0 Å². The third-order valence-electron chi connectivity index (χ3n) is 2.15. The number of benzene rings is 1. The summed E-state index contributed by atoms with van der Waals surface area (Å²) in [5, 5.41) is 0.948. The van der Waals surface area contributed by atoms with E-state index in [4.69, 9.17) is 0 Å². The fourth-order valence-electron chi connectivity index (χ4n) is 1.50. The second-order valence-electron chi connectivity index (χ2n) is 3.07. The van der Waals surface area contributed by atoms with Crippen LogP contribution in [0.1, 0.15) is 5.56 Å². The van der Waals surface area contributed by atoms with Gasteiger partial charge >= 0.3 is 0 Å². The van der Waals surface area contributed by atoms with Crippen LogP contribution in [0.2, 0.25) is 0 Å². The lowest BCUT2D eigenvalue weighted by molar-refractivity contribution is -0.107. The van der Waals surface area contributed by atoms with E-state index < -0.39 is 0 Å². The Kier molecular flexibility index (Phi) is 2.14. The molecule has 70 valence electrons. The van der Waals surface area contributed by atoms with Gasteiger partial charge in [0.15, 0.2) is 0 Å². The fraction of sp³-hybridized carbons (Fsp3) is 0.0909. The molecule has 0 aliphatic heterocycles. The predicted octanol–water partition coefficient (Wildman–Crippen LogP) is 1.27. The van der Waals surface area contributed by atoms with E-state index >= 15 is 0 Å². The quantitative estimate of drug-likeness (QED) is 0.720. The Labute approximate surface area is 80.4 Å². The van der Waals surface area contributed by atoms with Gasteiger partial charge < -0.3 is 9.78 Å². The molecule has 0 saturated carbocycles. The molecule has 0 amide bonds. The molecule has 14 heavy (non-hydrogen) atoms. The van der Waals surface area contributed by atoms with Crippen molar-refractivity contribution in [1.29, 1.82) is 0 Å². The maximum Gasteiger partial charge on any atom is 0.248 e.